The van der Waals surface area contributed by atoms with Crippen LogP contribution >= 0.6 is 12.2 Å². The number of benzene rings is 2. The molecule has 1 fully saturated rings. The van der Waals surface area contributed by atoms with E-state index in [1.165, 1.54) is 9.80 Å². The van der Waals surface area contributed by atoms with E-state index in [9.17, 15) is 14.4 Å². The topological polar surface area (TPSA) is 79.0 Å². The van der Waals surface area contributed by atoms with E-state index in [-0.39, 0.29) is 23.4 Å². The van der Waals surface area contributed by atoms with E-state index in [0.29, 0.717) is 22.5 Å². The Hall–Kier alpha value is -3.26. The van der Waals surface area contributed by atoms with Crippen LogP contribution in [0, 0.1) is 5.92 Å². The smallest absolute Gasteiger partial charge is 0.314 e. The van der Waals surface area contributed by atoms with Crippen molar-refractivity contribution < 1.29 is 19.1 Å². The van der Waals surface area contributed by atoms with Crippen molar-refractivity contribution in [3.63, 3.8) is 0 Å². The first-order valence-corrected chi connectivity index (χ1v) is 10.5. The van der Waals surface area contributed by atoms with Crippen LogP contribution in [-0.2, 0) is 30.1 Å². The van der Waals surface area contributed by atoms with E-state index in [0.717, 1.165) is 0 Å². The predicted octanol–water partition coefficient (Wildman–Crippen LogP) is 1.88. The molecule has 0 bridgehead atoms. The first kappa shape index (κ1) is 19.7. The van der Waals surface area contributed by atoms with Crippen molar-refractivity contribution in [3.8, 4) is 0 Å². The summed E-state index contributed by atoms with van der Waals surface area (Å²) in [5.41, 5.74) is -0.505. The maximum Gasteiger partial charge on any atom is 0.314 e. The molecule has 0 aliphatic carbocycles. The minimum Gasteiger partial charge on any atom is -0.466 e. The third kappa shape index (κ3) is 2.08. The Morgan fingerprint density at radius 2 is 1.55 bits per heavy atom. The number of hydrogen-bond acceptors (Lipinski definition) is 5. The number of nitrogens with zero attached hydrogens (tertiary/aromatic N) is 2. The third-order valence-corrected chi connectivity index (χ3v) is 7.15. The number of carbonyl (C=O) groups is 3. The second kappa shape index (κ2) is 6.37. The number of amides is 2. The molecule has 5 rings (SSSR count). The highest BCUT2D eigenvalue weighted by atomic mass is 32.1. The number of carbonyl (C=O) groups excluding carboxylic acids is 3. The summed E-state index contributed by atoms with van der Waals surface area (Å²) in [6.07, 6.45) is 0. The van der Waals surface area contributed by atoms with Gasteiger partial charge in [0.1, 0.15) is 11.3 Å². The van der Waals surface area contributed by atoms with Crippen molar-refractivity contribution in [2.45, 2.75) is 17.9 Å². The third-order valence-electron chi connectivity index (χ3n) is 6.72. The maximum absolute atomic E-state index is 13.8. The average Bonchev–Trinajstić information content (AvgIpc) is 3.27. The lowest BCUT2D eigenvalue weighted by atomic mass is 9.65. The fourth-order valence-electron chi connectivity index (χ4n) is 5.46. The van der Waals surface area contributed by atoms with Gasteiger partial charge in [0, 0.05) is 31.0 Å². The molecule has 1 saturated heterocycles. The lowest BCUT2D eigenvalue weighted by Crippen LogP contribution is -2.56. The molecule has 31 heavy (non-hydrogen) atoms. The lowest BCUT2D eigenvalue weighted by Gasteiger charge is -2.33. The Bertz CT molecular complexity index is 1180. The highest BCUT2D eigenvalue weighted by Gasteiger charge is 2.76. The molecule has 0 unspecified atom stereocenters. The Morgan fingerprint density at radius 3 is 2.19 bits per heavy atom. The van der Waals surface area contributed by atoms with Crippen LogP contribution in [0.25, 0.3) is 0 Å². The Balaban J connectivity index is 1.86. The average molecular weight is 436 g/mol. The number of nitrogens with one attached hydrogen (secondary N) is 1. The highest BCUT2D eigenvalue weighted by molar-refractivity contribution is 7.80. The molecule has 2 aromatic carbocycles. The van der Waals surface area contributed by atoms with Crippen LogP contribution in [0.4, 0.5) is 11.4 Å². The van der Waals surface area contributed by atoms with Gasteiger partial charge in [0.2, 0.25) is 5.91 Å². The van der Waals surface area contributed by atoms with Gasteiger partial charge >= 0.3 is 5.97 Å². The van der Waals surface area contributed by atoms with Gasteiger partial charge in [-0.15, -0.1) is 0 Å². The Labute approximate surface area is 185 Å². The molecule has 0 aromatic heterocycles. The molecule has 3 atom stereocenters. The minimum atomic E-state index is -1.53. The monoisotopic (exact) mass is 435 g/mol. The fourth-order valence-corrected chi connectivity index (χ4v) is 5.94. The zero-order valence-corrected chi connectivity index (χ0v) is 18.2. The maximum atomic E-state index is 13.8. The molecule has 158 valence electrons. The van der Waals surface area contributed by atoms with Crippen LogP contribution in [0.2, 0.25) is 0 Å². The van der Waals surface area contributed by atoms with Gasteiger partial charge < -0.3 is 19.9 Å². The molecule has 3 aliphatic rings. The number of anilines is 2. The van der Waals surface area contributed by atoms with E-state index >= 15 is 0 Å². The van der Waals surface area contributed by atoms with Crippen molar-refractivity contribution >= 4 is 46.4 Å². The number of esters is 1. The zero-order chi connectivity index (χ0) is 22.1. The molecule has 8 heteroatoms. The summed E-state index contributed by atoms with van der Waals surface area (Å²) < 4.78 is 5.46. The van der Waals surface area contributed by atoms with Gasteiger partial charge in [-0.1, -0.05) is 48.6 Å². The molecule has 0 radical (unpaired) electrons. The van der Waals surface area contributed by atoms with Crippen LogP contribution < -0.4 is 15.1 Å². The zero-order valence-electron chi connectivity index (χ0n) is 17.3. The highest BCUT2D eigenvalue weighted by Crippen LogP contribution is 2.59. The standard InChI is InChI=1S/C23H21N3O4S/c1-4-30-18(27)17-22(13-9-5-7-11-15(13)25(2)20(22)28)19(31)24-23(17)14-10-6-8-12-16(14)26(3)21(23)29/h5-12,17H,4H2,1-3H3,(H,24,31)/t17-,22-,23-/m0/s1. The molecule has 3 aliphatic heterocycles. The van der Waals surface area contributed by atoms with Gasteiger partial charge in [0.15, 0.2) is 5.54 Å². The largest absolute Gasteiger partial charge is 0.466 e. The van der Waals surface area contributed by atoms with E-state index in [1.807, 2.05) is 30.3 Å². The van der Waals surface area contributed by atoms with Crippen LogP contribution in [0.15, 0.2) is 48.5 Å². The number of likely N-dealkylation sites (N-methyl/N-ethyl adjacent to an activating group) is 2. The molecule has 0 saturated carbocycles. The molecule has 2 spiro atoms. The molecular weight excluding hydrogens is 414 g/mol. The lowest BCUT2D eigenvalue weighted by molar-refractivity contribution is -0.156. The SMILES string of the molecule is CCOC(=O)[C@H]1[C@]2(C(=O)N(C)c3ccccc32)C(=S)N[C@]12C(=O)N(C)c1ccccc12. The number of fused-ring (bicyclic) bond motifs is 4. The second-order valence-electron chi connectivity index (χ2n) is 8.02. The number of ether oxygens (including phenoxy) is 1. The molecule has 2 aromatic rings. The van der Waals surface area contributed by atoms with E-state index < -0.39 is 22.8 Å². The first-order chi connectivity index (χ1) is 14.8. The van der Waals surface area contributed by atoms with Gasteiger partial charge in [-0.25, -0.2) is 0 Å². The van der Waals surface area contributed by atoms with Gasteiger partial charge in [-0.3, -0.25) is 14.4 Å². The molecule has 3 heterocycles. The summed E-state index contributed by atoms with van der Waals surface area (Å²) in [6.45, 7) is 1.82. The molecule has 7 nitrogen and oxygen atoms in total. The van der Waals surface area contributed by atoms with Gasteiger partial charge in [0.05, 0.1) is 11.6 Å². The predicted molar refractivity (Wildman–Crippen MR) is 119 cm³/mol. The molecule has 1 N–H and O–H groups in total. The first-order valence-electron chi connectivity index (χ1n) is 10.1. The summed E-state index contributed by atoms with van der Waals surface area (Å²) in [5, 5.41) is 3.17. The summed E-state index contributed by atoms with van der Waals surface area (Å²) in [7, 11) is 3.31. The van der Waals surface area contributed by atoms with Gasteiger partial charge in [0.25, 0.3) is 5.91 Å². The molecule has 2 amide bonds. The van der Waals surface area contributed by atoms with Crippen molar-refractivity contribution in [2.24, 2.45) is 5.92 Å². The van der Waals surface area contributed by atoms with Crippen LogP contribution in [0.5, 0.6) is 0 Å². The summed E-state index contributed by atoms with van der Waals surface area (Å²) in [4.78, 5) is 44.3. The van der Waals surface area contributed by atoms with E-state index in [2.05, 4.69) is 5.32 Å². The fraction of sp³-hybridized carbons (Fsp3) is 0.304. The van der Waals surface area contributed by atoms with Crippen molar-refractivity contribution in [3.05, 3.63) is 59.7 Å². The second-order valence-corrected chi connectivity index (χ2v) is 8.43. The Morgan fingerprint density at radius 1 is 1.00 bits per heavy atom. The quantitative estimate of drug-likeness (QED) is 0.573. The van der Waals surface area contributed by atoms with Crippen molar-refractivity contribution in [1.29, 1.82) is 0 Å². The Kier molecular flexibility index (Phi) is 4.05. The van der Waals surface area contributed by atoms with Crippen LogP contribution in [-0.4, -0.2) is 43.5 Å². The summed E-state index contributed by atoms with van der Waals surface area (Å²) in [5.74, 6) is -2.51. The van der Waals surface area contributed by atoms with Crippen molar-refractivity contribution in [2.75, 3.05) is 30.5 Å². The normalized spacial score (nSPS) is 28.4. The van der Waals surface area contributed by atoms with Crippen molar-refractivity contribution in [1.82, 2.24) is 5.32 Å². The van der Waals surface area contributed by atoms with Gasteiger partial charge in [-0.05, 0) is 24.6 Å². The minimum absolute atomic E-state index is 0.117. The van der Waals surface area contributed by atoms with Crippen LogP contribution in [0.1, 0.15) is 18.1 Å². The molecular formula is C23H21N3O4S. The summed E-state index contributed by atoms with van der Waals surface area (Å²) >= 11 is 5.77. The summed E-state index contributed by atoms with van der Waals surface area (Å²) in [6, 6.07) is 14.5. The van der Waals surface area contributed by atoms with E-state index in [4.69, 9.17) is 17.0 Å². The number of thiocarbonyl (C=S) groups is 1. The number of rotatable bonds is 2. The van der Waals surface area contributed by atoms with Crippen LogP contribution in [0.3, 0.4) is 0 Å². The number of para-hydroxylation sites is 2. The van der Waals surface area contributed by atoms with E-state index in [1.54, 1.807) is 39.2 Å². The number of hydrogen-bond donors (Lipinski definition) is 1. The van der Waals surface area contributed by atoms with Gasteiger partial charge in [-0.2, -0.15) is 0 Å².